The number of carbonyl (C=O) groups excluding carboxylic acids is 2. The van der Waals surface area contributed by atoms with E-state index in [-0.39, 0.29) is 28.7 Å². The van der Waals surface area contributed by atoms with Crippen LogP contribution in [0.5, 0.6) is 0 Å². The zero-order chi connectivity index (χ0) is 19.3. The van der Waals surface area contributed by atoms with Gasteiger partial charge in [-0.2, -0.15) is 0 Å². The Hall–Kier alpha value is -2.87. The van der Waals surface area contributed by atoms with Gasteiger partial charge in [0.25, 0.3) is 10.0 Å². The zero-order valence-corrected chi connectivity index (χ0v) is 15.5. The summed E-state index contributed by atoms with van der Waals surface area (Å²) in [4.78, 5) is 24.8. The van der Waals surface area contributed by atoms with Gasteiger partial charge in [0.05, 0.1) is 22.8 Å². The Morgan fingerprint density at radius 2 is 1.69 bits per heavy atom. The van der Waals surface area contributed by atoms with Gasteiger partial charge in [-0.1, -0.05) is 12.1 Å². The third-order valence-electron chi connectivity index (χ3n) is 3.67. The van der Waals surface area contributed by atoms with E-state index in [9.17, 15) is 18.0 Å². The summed E-state index contributed by atoms with van der Waals surface area (Å²) in [7, 11) is -2.31. The Kier molecular flexibility index (Phi) is 5.99. The normalized spacial score (nSPS) is 10.9. The fraction of sp³-hybridized carbons (Fsp3) is 0.222. The van der Waals surface area contributed by atoms with E-state index in [1.165, 1.54) is 48.2 Å². The van der Waals surface area contributed by atoms with Gasteiger partial charge < -0.3 is 9.64 Å². The van der Waals surface area contributed by atoms with Gasteiger partial charge in [0.2, 0.25) is 5.91 Å². The van der Waals surface area contributed by atoms with Crippen LogP contribution in [-0.2, 0) is 19.6 Å². The van der Waals surface area contributed by atoms with Crippen molar-refractivity contribution in [2.75, 3.05) is 23.3 Å². The maximum Gasteiger partial charge on any atom is 0.340 e. The average Bonchev–Trinajstić information content (AvgIpc) is 2.61. The molecule has 0 saturated carbocycles. The highest BCUT2D eigenvalue weighted by molar-refractivity contribution is 7.92. The number of sulfonamides is 1. The first-order valence-electron chi connectivity index (χ1n) is 7.89. The van der Waals surface area contributed by atoms with Crippen molar-refractivity contribution in [1.29, 1.82) is 0 Å². The van der Waals surface area contributed by atoms with Crippen LogP contribution in [0.15, 0.2) is 53.4 Å². The molecule has 0 aliphatic carbocycles. The van der Waals surface area contributed by atoms with E-state index in [0.717, 1.165) is 0 Å². The predicted molar refractivity (Wildman–Crippen MR) is 98.7 cm³/mol. The van der Waals surface area contributed by atoms with Crippen molar-refractivity contribution in [3.8, 4) is 0 Å². The van der Waals surface area contributed by atoms with Crippen LogP contribution < -0.4 is 9.62 Å². The van der Waals surface area contributed by atoms with Crippen LogP contribution in [0.25, 0.3) is 0 Å². The van der Waals surface area contributed by atoms with E-state index in [4.69, 9.17) is 4.74 Å². The second-order valence-electron chi connectivity index (χ2n) is 5.44. The van der Waals surface area contributed by atoms with Gasteiger partial charge in [-0.05, 0) is 43.3 Å². The fourth-order valence-corrected chi connectivity index (χ4v) is 3.27. The lowest BCUT2D eigenvalue weighted by molar-refractivity contribution is -0.116. The van der Waals surface area contributed by atoms with Crippen LogP contribution in [0.3, 0.4) is 0 Å². The molecular formula is C18H20N2O5S. The number of rotatable bonds is 6. The zero-order valence-electron chi connectivity index (χ0n) is 14.7. The molecule has 2 aromatic rings. The van der Waals surface area contributed by atoms with Crippen molar-refractivity contribution in [3.63, 3.8) is 0 Å². The largest absolute Gasteiger partial charge is 0.462 e. The van der Waals surface area contributed by atoms with Crippen LogP contribution in [0.1, 0.15) is 24.2 Å². The Bertz CT molecular complexity index is 907. The number of amides is 1. The molecule has 8 heteroatoms. The standard InChI is InChI=1S/C18H20N2O5S/c1-4-25-18(22)16-7-5-6-8-17(16)19-26(23,24)15-11-9-14(10-12-15)20(3)13(2)21/h5-12,19H,4H2,1-3H3. The van der Waals surface area contributed by atoms with Gasteiger partial charge in [0.1, 0.15) is 0 Å². The third-order valence-corrected chi connectivity index (χ3v) is 5.05. The van der Waals surface area contributed by atoms with E-state index >= 15 is 0 Å². The number of nitrogens with zero attached hydrogens (tertiary/aromatic N) is 1. The molecular weight excluding hydrogens is 356 g/mol. The van der Waals surface area contributed by atoms with Crippen molar-refractivity contribution < 1.29 is 22.7 Å². The van der Waals surface area contributed by atoms with Crippen LogP contribution >= 0.6 is 0 Å². The molecule has 0 spiro atoms. The molecule has 0 aromatic heterocycles. The van der Waals surface area contributed by atoms with Crippen molar-refractivity contribution in [2.24, 2.45) is 0 Å². The molecule has 26 heavy (non-hydrogen) atoms. The lowest BCUT2D eigenvalue weighted by Crippen LogP contribution is -2.23. The van der Waals surface area contributed by atoms with E-state index in [0.29, 0.717) is 5.69 Å². The first kappa shape index (κ1) is 19.5. The summed E-state index contributed by atoms with van der Waals surface area (Å²) in [5.74, 6) is -0.772. The SMILES string of the molecule is CCOC(=O)c1ccccc1NS(=O)(=O)c1ccc(N(C)C(C)=O)cc1. The van der Waals surface area contributed by atoms with Crippen LogP contribution in [0.2, 0.25) is 0 Å². The van der Waals surface area contributed by atoms with Gasteiger partial charge in [-0.25, -0.2) is 13.2 Å². The Labute approximate surface area is 152 Å². The summed E-state index contributed by atoms with van der Waals surface area (Å²) < 4.78 is 32.6. The van der Waals surface area contributed by atoms with Crippen LogP contribution in [0, 0.1) is 0 Å². The number of carbonyl (C=O) groups is 2. The van der Waals surface area contributed by atoms with Crippen LogP contribution in [-0.4, -0.2) is 33.9 Å². The lowest BCUT2D eigenvalue weighted by Gasteiger charge is -2.16. The number of para-hydroxylation sites is 1. The smallest absolute Gasteiger partial charge is 0.340 e. The molecule has 0 atom stereocenters. The van der Waals surface area contributed by atoms with Gasteiger partial charge >= 0.3 is 5.97 Å². The Morgan fingerprint density at radius 1 is 1.08 bits per heavy atom. The van der Waals surface area contributed by atoms with Gasteiger partial charge in [0, 0.05) is 19.7 Å². The average molecular weight is 376 g/mol. The van der Waals surface area contributed by atoms with Gasteiger partial charge in [-0.15, -0.1) is 0 Å². The molecule has 0 fully saturated rings. The second kappa shape index (κ2) is 8.01. The molecule has 0 aliphatic rings. The molecule has 2 aromatic carbocycles. The van der Waals surface area contributed by atoms with E-state index in [2.05, 4.69) is 4.72 Å². The molecule has 0 aliphatic heterocycles. The number of hydrogen-bond donors (Lipinski definition) is 1. The maximum absolute atomic E-state index is 12.6. The third kappa shape index (κ3) is 4.40. The molecule has 0 heterocycles. The molecule has 7 nitrogen and oxygen atoms in total. The number of ether oxygens (including phenoxy) is 1. The van der Waals surface area contributed by atoms with Crippen molar-refractivity contribution in [2.45, 2.75) is 18.7 Å². The molecule has 138 valence electrons. The monoisotopic (exact) mass is 376 g/mol. The van der Waals surface area contributed by atoms with E-state index in [1.807, 2.05) is 0 Å². The summed E-state index contributed by atoms with van der Waals surface area (Å²) in [5.41, 5.74) is 0.838. The molecule has 1 amide bonds. The minimum Gasteiger partial charge on any atom is -0.462 e. The Morgan fingerprint density at radius 3 is 2.27 bits per heavy atom. The first-order valence-corrected chi connectivity index (χ1v) is 9.38. The minimum atomic E-state index is -3.91. The molecule has 1 N–H and O–H groups in total. The summed E-state index contributed by atoms with van der Waals surface area (Å²) in [6.07, 6.45) is 0. The highest BCUT2D eigenvalue weighted by Crippen LogP contribution is 2.22. The quantitative estimate of drug-likeness (QED) is 0.783. The summed E-state index contributed by atoms with van der Waals surface area (Å²) in [5, 5.41) is 0. The molecule has 0 saturated heterocycles. The van der Waals surface area contributed by atoms with E-state index < -0.39 is 16.0 Å². The first-order chi connectivity index (χ1) is 12.3. The topological polar surface area (TPSA) is 92.8 Å². The lowest BCUT2D eigenvalue weighted by atomic mass is 10.2. The number of hydrogen-bond acceptors (Lipinski definition) is 5. The van der Waals surface area contributed by atoms with Crippen LogP contribution in [0.4, 0.5) is 11.4 Å². The maximum atomic E-state index is 12.6. The summed E-state index contributed by atoms with van der Waals surface area (Å²) in [6.45, 7) is 3.27. The highest BCUT2D eigenvalue weighted by Gasteiger charge is 2.19. The highest BCUT2D eigenvalue weighted by atomic mass is 32.2. The van der Waals surface area contributed by atoms with Crippen molar-refractivity contribution in [1.82, 2.24) is 0 Å². The van der Waals surface area contributed by atoms with Crippen molar-refractivity contribution in [3.05, 3.63) is 54.1 Å². The number of anilines is 2. The van der Waals surface area contributed by atoms with Gasteiger partial charge in [0.15, 0.2) is 0 Å². The minimum absolute atomic E-state index is 0.0110. The summed E-state index contributed by atoms with van der Waals surface area (Å²) in [6, 6.07) is 12.1. The van der Waals surface area contributed by atoms with Crippen molar-refractivity contribution >= 4 is 33.3 Å². The fourth-order valence-electron chi connectivity index (χ4n) is 2.19. The Balaban J connectivity index is 2.30. The molecule has 0 unspecified atom stereocenters. The molecule has 2 rings (SSSR count). The molecule has 0 bridgehead atoms. The van der Waals surface area contributed by atoms with E-state index in [1.54, 1.807) is 26.1 Å². The number of benzene rings is 2. The molecule has 0 radical (unpaired) electrons. The predicted octanol–water partition coefficient (Wildman–Crippen LogP) is 2.65. The second-order valence-corrected chi connectivity index (χ2v) is 7.13. The van der Waals surface area contributed by atoms with Gasteiger partial charge in [-0.3, -0.25) is 9.52 Å². The number of esters is 1. The summed E-state index contributed by atoms with van der Waals surface area (Å²) >= 11 is 0. The number of nitrogens with one attached hydrogen (secondary N) is 1.